The van der Waals surface area contributed by atoms with Gasteiger partial charge in [-0.2, -0.15) is 5.26 Å². The standard InChI is InChI=1S/C22H20ClFN2O3/c1-3-6-17-20(22(27)28-4-2)19(14-9-8-13(24)11-16(14)23)15(12-25)21(26-17)18-7-5-10-29-18/h5,7-11,19,26H,3-4,6H2,1-2H3. The molecule has 1 aliphatic heterocycles. The Morgan fingerprint density at radius 1 is 1.38 bits per heavy atom. The second kappa shape index (κ2) is 8.97. The second-order valence-electron chi connectivity index (χ2n) is 6.46. The lowest BCUT2D eigenvalue weighted by atomic mass is 9.79. The van der Waals surface area contributed by atoms with Gasteiger partial charge in [0.05, 0.1) is 41.7 Å². The number of nitrogens with one attached hydrogen (secondary N) is 1. The number of nitriles is 1. The number of esters is 1. The Hall–Kier alpha value is -3.04. The maximum absolute atomic E-state index is 13.7. The molecule has 29 heavy (non-hydrogen) atoms. The van der Waals surface area contributed by atoms with Crippen molar-refractivity contribution in [2.75, 3.05) is 6.61 Å². The zero-order valence-electron chi connectivity index (χ0n) is 16.1. The van der Waals surface area contributed by atoms with Crippen molar-refractivity contribution in [3.8, 4) is 6.07 Å². The van der Waals surface area contributed by atoms with Gasteiger partial charge in [0.1, 0.15) is 5.82 Å². The molecule has 3 rings (SSSR count). The van der Waals surface area contributed by atoms with Gasteiger partial charge in [-0.3, -0.25) is 0 Å². The van der Waals surface area contributed by atoms with Crippen molar-refractivity contribution in [3.63, 3.8) is 0 Å². The lowest BCUT2D eigenvalue weighted by Gasteiger charge is -2.30. The average Bonchev–Trinajstić information content (AvgIpc) is 3.22. The van der Waals surface area contributed by atoms with Gasteiger partial charge < -0.3 is 14.5 Å². The predicted molar refractivity (Wildman–Crippen MR) is 107 cm³/mol. The number of nitrogens with zero attached hydrogens (tertiary/aromatic N) is 1. The molecule has 0 saturated heterocycles. The molecular weight excluding hydrogens is 395 g/mol. The number of carbonyl (C=O) groups excluding carboxylic acids is 1. The number of carbonyl (C=O) groups is 1. The van der Waals surface area contributed by atoms with Crippen LogP contribution in [-0.4, -0.2) is 12.6 Å². The summed E-state index contributed by atoms with van der Waals surface area (Å²) < 4.78 is 24.5. The molecule has 0 aliphatic carbocycles. The number of rotatable bonds is 6. The summed E-state index contributed by atoms with van der Waals surface area (Å²) in [6.07, 6.45) is 2.80. The van der Waals surface area contributed by atoms with Crippen LogP contribution in [0.25, 0.3) is 5.70 Å². The summed E-state index contributed by atoms with van der Waals surface area (Å²) in [5.74, 6) is -1.40. The van der Waals surface area contributed by atoms with Crippen LogP contribution < -0.4 is 5.32 Å². The van der Waals surface area contributed by atoms with E-state index in [0.717, 1.165) is 6.42 Å². The van der Waals surface area contributed by atoms with Crippen molar-refractivity contribution in [2.45, 2.75) is 32.6 Å². The molecule has 5 nitrogen and oxygen atoms in total. The number of furan rings is 1. The second-order valence-corrected chi connectivity index (χ2v) is 6.87. The predicted octanol–water partition coefficient (Wildman–Crippen LogP) is 5.31. The highest BCUT2D eigenvalue weighted by Crippen LogP contribution is 2.44. The summed E-state index contributed by atoms with van der Waals surface area (Å²) in [6.45, 7) is 3.87. The third-order valence-electron chi connectivity index (χ3n) is 4.60. The molecule has 0 spiro atoms. The molecular formula is C22H20ClFN2O3. The summed E-state index contributed by atoms with van der Waals surface area (Å²) in [5.41, 5.74) is 2.08. The van der Waals surface area contributed by atoms with Crippen LogP contribution in [0, 0.1) is 17.1 Å². The summed E-state index contributed by atoms with van der Waals surface area (Å²) in [6, 6.07) is 9.54. The third kappa shape index (κ3) is 4.06. The first kappa shape index (κ1) is 20.7. The van der Waals surface area contributed by atoms with Crippen LogP contribution in [0.5, 0.6) is 0 Å². The Balaban J connectivity index is 2.30. The van der Waals surface area contributed by atoms with Crippen LogP contribution in [0.15, 0.2) is 57.9 Å². The fraction of sp³-hybridized carbons (Fsp3) is 0.273. The third-order valence-corrected chi connectivity index (χ3v) is 4.93. The van der Waals surface area contributed by atoms with Crippen LogP contribution in [0.4, 0.5) is 4.39 Å². The molecule has 1 aromatic heterocycles. The number of halogens is 2. The molecule has 0 saturated carbocycles. The lowest BCUT2D eigenvalue weighted by Crippen LogP contribution is -2.30. The summed E-state index contributed by atoms with van der Waals surface area (Å²) in [4.78, 5) is 12.9. The molecule has 2 heterocycles. The zero-order chi connectivity index (χ0) is 21.0. The Labute approximate surface area is 173 Å². The van der Waals surface area contributed by atoms with Gasteiger partial charge in [0.15, 0.2) is 5.76 Å². The monoisotopic (exact) mass is 414 g/mol. The van der Waals surface area contributed by atoms with E-state index >= 15 is 0 Å². The van der Waals surface area contributed by atoms with E-state index < -0.39 is 17.7 Å². The number of allylic oxidation sites excluding steroid dienone is 2. The Morgan fingerprint density at radius 2 is 2.17 bits per heavy atom. The first-order chi connectivity index (χ1) is 14.0. The van der Waals surface area contributed by atoms with Gasteiger partial charge in [0.2, 0.25) is 0 Å². The first-order valence-electron chi connectivity index (χ1n) is 9.32. The zero-order valence-corrected chi connectivity index (χ0v) is 16.8. The van der Waals surface area contributed by atoms with E-state index in [1.54, 1.807) is 19.1 Å². The van der Waals surface area contributed by atoms with Crippen LogP contribution in [0.1, 0.15) is 43.9 Å². The fourth-order valence-corrected chi connectivity index (χ4v) is 3.70. The van der Waals surface area contributed by atoms with Crippen molar-refractivity contribution in [3.05, 3.63) is 75.6 Å². The molecule has 7 heteroatoms. The van der Waals surface area contributed by atoms with Gasteiger partial charge in [-0.05, 0) is 43.2 Å². The molecule has 0 radical (unpaired) electrons. The number of hydrogen-bond donors (Lipinski definition) is 1. The molecule has 0 bridgehead atoms. The van der Waals surface area contributed by atoms with E-state index in [4.69, 9.17) is 20.8 Å². The van der Waals surface area contributed by atoms with Crippen molar-refractivity contribution in [2.24, 2.45) is 0 Å². The Bertz CT molecular complexity index is 1020. The van der Waals surface area contributed by atoms with Crippen LogP contribution in [-0.2, 0) is 9.53 Å². The number of ether oxygens (including phenoxy) is 1. The van der Waals surface area contributed by atoms with E-state index in [9.17, 15) is 14.4 Å². The molecule has 150 valence electrons. The molecule has 1 aliphatic rings. The first-order valence-corrected chi connectivity index (χ1v) is 9.69. The highest BCUT2D eigenvalue weighted by atomic mass is 35.5. The van der Waals surface area contributed by atoms with E-state index in [-0.39, 0.29) is 17.2 Å². The molecule has 2 aromatic rings. The van der Waals surface area contributed by atoms with Crippen LogP contribution in [0.3, 0.4) is 0 Å². The van der Waals surface area contributed by atoms with Crippen molar-refractivity contribution < 1.29 is 18.3 Å². The molecule has 1 N–H and O–H groups in total. The fourth-order valence-electron chi connectivity index (χ4n) is 3.43. The van der Waals surface area contributed by atoms with Gasteiger partial charge in [-0.15, -0.1) is 0 Å². The summed E-state index contributed by atoms with van der Waals surface area (Å²) >= 11 is 6.34. The summed E-state index contributed by atoms with van der Waals surface area (Å²) in [7, 11) is 0. The van der Waals surface area contributed by atoms with Crippen molar-refractivity contribution >= 4 is 23.3 Å². The molecule has 1 atom stereocenters. The van der Waals surface area contributed by atoms with E-state index in [2.05, 4.69) is 11.4 Å². The Morgan fingerprint density at radius 3 is 2.76 bits per heavy atom. The van der Waals surface area contributed by atoms with Crippen molar-refractivity contribution in [1.82, 2.24) is 5.32 Å². The molecule has 1 unspecified atom stereocenters. The van der Waals surface area contributed by atoms with E-state index in [0.29, 0.717) is 34.7 Å². The van der Waals surface area contributed by atoms with Crippen molar-refractivity contribution in [1.29, 1.82) is 5.26 Å². The number of dihydropyridines is 1. The maximum atomic E-state index is 13.7. The highest BCUT2D eigenvalue weighted by molar-refractivity contribution is 6.31. The SMILES string of the molecule is CCCC1=C(C(=O)OCC)C(c2ccc(F)cc2Cl)C(C#N)=C(c2ccco2)N1. The average molecular weight is 415 g/mol. The van der Waals surface area contributed by atoms with Gasteiger partial charge >= 0.3 is 5.97 Å². The molecule has 0 fully saturated rings. The maximum Gasteiger partial charge on any atom is 0.336 e. The molecule has 1 aromatic carbocycles. The topological polar surface area (TPSA) is 75.3 Å². The minimum atomic E-state index is -0.810. The highest BCUT2D eigenvalue weighted by Gasteiger charge is 2.38. The number of hydrogen-bond acceptors (Lipinski definition) is 5. The normalized spacial score (nSPS) is 16.4. The van der Waals surface area contributed by atoms with Gasteiger partial charge in [-0.25, -0.2) is 9.18 Å². The van der Waals surface area contributed by atoms with E-state index in [1.165, 1.54) is 24.5 Å². The summed E-state index contributed by atoms with van der Waals surface area (Å²) in [5, 5.41) is 13.3. The van der Waals surface area contributed by atoms with E-state index in [1.807, 2.05) is 6.92 Å². The quantitative estimate of drug-likeness (QED) is 0.648. The smallest absolute Gasteiger partial charge is 0.336 e. The van der Waals surface area contributed by atoms with Gasteiger partial charge in [-0.1, -0.05) is 31.0 Å². The van der Waals surface area contributed by atoms with Gasteiger partial charge in [0, 0.05) is 10.7 Å². The largest absolute Gasteiger partial charge is 0.463 e. The Kier molecular flexibility index (Phi) is 6.40. The minimum Gasteiger partial charge on any atom is -0.463 e. The van der Waals surface area contributed by atoms with Crippen LogP contribution in [0.2, 0.25) is 5.02 Å². The van der Waals surface area contributed by atoms with Crippen LogP contribution >= 0.6 is 11.6 Å². The lowest BCUT2D eigenvalue weighted by molar-refractivity contribution is -0.138. The number of benzene rings is 1. The molecule has 0 amide bonds. The van der Waals surface area contributed by atoms with Gasteiger partial charge in [0.25, 0.3) is 0 Å². The minimum absolute atomic E-state index is 0.126.